The first-order chi connectivity index (χ1) is 6.22. The third-order valence-corrected chi connectivity index (χ3v) is 3.25. The Labute approximate surface area is 79.3 Å². The lowest BCUT2D eigenvalue weighted by molar-refractivity contribution is -0.128. The Bertz CT molecular complexity index is 213. The first kappa shape index (κ1) is 9.00. The van der Waals surface area contributed by atoms with Gasteiger partial charge in [0.25, 0.3) is 0 Å². The topological polar surface area (TPSA) is 46.3 Å². The second kappa shape index (κ2) is 3.29. The fraction of sp³-hybridized carbons (Fsp3) is 0.900. The van der Waals surface area contributed by atoms with Crippen LogP contribution in [0.1, 0.15) is 32.6 Å². The van der Waals surface area contributed by atoms with E-state index in [9.17, 15) is 4.79 Å². The van der Waals surface area contributed by atoms with Crippen molar-refractivity contribution in [2.75, 3.05) is 6.54 Å². The predicted molar refractivity (Wildman–Crippen MR) is 51.1 cm³/mol. The predicted octanol–water partition coefficient (Wildman–Crippen LogP) is 0.735. The highest BCUT2D eigenvalue weighted by molar-refractivity contribution is 5.79. The van der Waals surface area contributed by atoms with Gasteiger partial charge in [-0.2, -0.15) is 0 Å². The molecule has 13 heavy (non-hydrogen) atoms. The number of carbonyl (C=O) groups is 1. The summed E-state index contributed by atoms with van der Waals surface area (Å²) in [5.74, 6) is 0.745. The second-order valence-electron chi connectivity index (χ2n) is 4.31. The average molecular weight is 182 g/mol. The van der Waals surface area contributed by atoms with Gasteiger partial charge in [-0.15, -0.1) is 0 Å². The fourth-order valence-electron chi connectivity index (χ4n) is 2.12. The van der Waals surface area contributed by atoms with E-state index >= 15 is 0 Å². The maximum absolute atomic E-state index is 11.6. The van der Waals surface area contributed by atoms with Crippen LogP contribution in [0.15, 0.2) is 0 Å². The van der Waals surface area contributed by atoms with Crippen molar-refractivity contribution in [2.24, 2.45) is 11.7 Å². The molecule has 0 spiro atoms. The molecule has 2 N–H and O–H groups in total. The molecule has 0 aromatic heterocycles. The van der Waals surface area contributed by atoms with Crippen molar-refractivity contribution in [3.63, 3.8) is 0 Å². The Morgan fingerprint density at radius 3 is 2.85 bits per heavy atom. The van der Waals surface area contributed by atoms with Gasteiger partial charge < -0.3 is 10.6 Å². The molecule has 2 unspecified atom stereocenters. The zero-order valence-electron chi connectivity index (χ0n) is 8.20. The molecule has 2 fully saturated rings. The van der Waals surface area contributed by atoms with Crippen LogP contribution in [0.3, 0.4) is 0 Å². The van der Waals surface area contributed by atoms with Gasteiger partial charge in [0, 0.05) is 31.0 Å². The summed E-state index contributed by atoms with van der Waals surface area (Å²) in [5, 5.41) is 0. The molecule has 1 amide bonds. The van der Waals surface area contributed by atoms with Crippen LogP contribution in [0.4, 0.5) is 0 Å². The summed E-state index contributed by atoms with van der Waals surface area (Å²) in [7, 11) is 0. The molecule has 1 aliphatic carbocycles. The lowest BCUT2D eigenvalue weighted by atomic mass is 9.98. The molecule has 2 atom stereocenters. The summed E-state index contributed by atoms with van der Waals surface area (Å²) in [6.07, 6.45) is 4.08. The van der Waals surface area contributed by atoms with E-state index in [1.165, 1.54) is 12.8 Å². The Balaban J connectivity index is 1.93. The molecule has 3 nitrogen and oxygen atoms in total. The quantitative estimate of drug-likeness (QED) is 0.699. The van der Waals surface area contributed by atoms with Gasteiger partial charge in [0.15, 0.2) is 0 Å². The highest BCUT2D eigenvalue weighted by Crippen LogP contribution is 2.33. The molecule has 0 aromatic rings. The van der Waals surface area contributed by atoms with E-state index in [1.807, 2.05) is 4.90 Å². The number of nitrogens with two attached hydrogens (primary N) is 1. The molecule has 3 heteroatoms. The third-order valence-electron chi connectivity index (χ3n) is 3.25. The van der Waals surface area contributed by atoms with Crippen molar-refractivity contribution in [3.8, 4) is 0 Å². The highest BCUT2D eigenvalue weighted by Gasteiger charge is 2.40. The number of hydrogen-bond donors (Lipinski definition) is 1. The minimum Gasteiger partial charge on any atom is -0.339 e. The Morgan fingerprint density at radius 1 is 1.62 bits per heavy atom. The van der Waals surface area contributed by atoms with E-state index in [0.717, 1.165) is 13.0 Å². The van der Waals surface area contributed by atoms with Gasteiger partial charge in [-0.25, -0.2) is 0 Å². The third kappa shape index (κ3) is 1.70. The second-order valence-corrected chi connectivity index (χ2v) is 4.31. The molecular formula is C10H18N2O. The summed E-state index contributed by atoms with van der Waals surface area (Å²) < 4.78 is 0. The lowest BCUT2D eigenvalue weighted by Gasteiger charge is -2.18. The van der Waals surface area contributed by atoms with Gasteiger partial charge in [-0.1, -0.05) is 6.92 Å². The maximum Gasteiger partial charge on any atom is 0.223 e. The number of likely N-dealkylation sites (tertiary alicyclic amines) is 1. The summed E-state index contributed by atoms with van der Waals surface area (Å²) in [6.45, 7) is 3.01. The molecule has 2 aliphatic rings. The van der Waals surface area contributed by atoms with Crippen molar-refractivity contribution in [3.05, 3.63) is 0 Å². The van der Waals surface area contributed by atoms with Crippen LogP contribution in [-0.2, 0) is 4.79 Å². The van der Waals surface area contributed by atoms with Crippen molar-refractivity contribution >= 4 is 5.91 Å². The molecule has 1 heterocycles. The Kier molecular flexibility index (Phi) is 2.28. The van der Waals surface area contributed by atoms with E-state index in [0.29, 0.717) is 24.3 Å². The summed E-state index contributed by atoms with van der Waals surface area (Å²) >= 11 is 0. The molecule has 0 bridgehead atoms. The summed E-state index contributed by atoms with van der Waals surface area (Å²) in [6, 6.07) is 0.786. The minimum absolute atomic E-state index is 0.215. The minimum atomic E-state index is 0.215. The largest absolute Gasteiger partial charge is 0.339 e. The number of nitrogens with zero attached hydrogens (tertiary/aromatic N) is 1. The Morgan fingerprint density at radius 2 is 2.31 bits per heavy atom. The van der Waals surface area contributed by atoms with Crippen LogP contribution in [0.2, 0.25) is 0 Å². The number of amides is 1. The van der Waals surface area contributed by atoms with E-state index in [-0.39, 0.29) is 6.04 Å². The standard InChI is InChI=1S/C10H18N2O/c1-2-9(11)7-5-10(13)12(6-7)8-3-4-8/h7-9H,2-6,11H2,1H3. The van der Waals surface area contributed by atoms with Gasteiger partial charge >= 0.3 is 0 Å². The molecule has 0 aromatic carbocycles. The first-order valence-electron chi connectivity index (χ1n) is 5.27. The van der Waals surface area contributed by atoms with E-state index in [1.54, 1.807) is 0 Å². The normalized spacial score (nSPS) is 31.1. The van der Waals surface area contributed by atoms with E-state index in [2.05, 4.69) is 6.92 Å². The monoisotopic (exact) mass is 182 g/mol. The summed E-state index contributed by atoms with van der Waals surface area (Å²) in [5.41, 5.74) is 5.94. The highest BCUT2D eigenvalue weighted by atomic mass is 16.2. The molecule has 1 saturated carbocycles. The molecule has 0 radical (unpaired) electrons. The smallest absolute Gasteiger partial charge is 0.223 e. The fourth-order valence-corrected chi connectivity index (χ4v) is 2.12. The van der Waals surface area contributed by atoms with Gasteiger partial charge in [0.1, 0.15) is 0 Å². The van der Waals surface area contributed by atoms with Crippen molar-refractivity contribution in [1.29, 1.82) is 0 Å². The van der Waals surface area contributed by atoms with E-state index < -0.39 is 0 Å². The van der Waals surface area contributed by atoms with Crippen LogP contribution in [0.25, 0.3) is 0 Å². The van der Waals surface area contributed by atoms with Crippen LogP contribution in [0.5, 0.6) is 0 Å². The average Bonchev–Trinajstić information content (AvgIpc) is 2.89. The number of carbonyl (C=O) groups excluding carboxylic acids is 1. The van der Waals surface area contributed by atoms with E-state index in [4.69, 9.17) is 5.73 Å². The van der Waals surface area contributed by atoms with Crippen LogP contribution in [0, 0.1) is 5.92 Å². The van der Waals surface area contributed by atoms with Crippen LogP contribution < -0.4 is 5.73 Å². The van der Waals surface area contributed by atoms with Crippen molar-refractivity contribution in [2.45, 2.75) is 44.7 Å². The molecule has 2 rings (SSSR count). The van der Waals surface area contributed by atoms with Crippen molar-refractivity contribution < 1.29 is 4.79 Å². The maximum atomic E-state index is 11.6. The molecule has 1 saturated heterocycles. The number of hydrogen-bond acceptors (Lipinski definition) is 2. The van der Waals surface area contributed by atoms with Crippen molar-refractivity contribution in [1.82, 2.24) is 4.90 Å². The molecule has 74 valence electrons. The molecular weight excluding hydrogens is 164 g/mol. The Hall–Kier alpha value is -0.570. The first-order valence-corrected chi connectivity index (χ1v) is 5.27. The lowest BCUT2D eigenvalue weighted by Crippen LogP contribution is -2.33. The zero-order chi connectivity index (χ0) is 9.42. The van der Waals surface area contributed by atoms with Gasteiger partial charge in [-0.05, 0) is 19.3 Å². The van der Waals surface area contributed by atoms with Gasteiger partial charge in [0.2, 0.25) is 5.91 Å². The zero-order valence-corrected chi connectivity index (χ0v) is 8.20. The van der Waals surface area contributed by atoms with Crippen LogP contribution in [-0.4, -0.2) is 29.4 Å². The summed E-state index contributed by atoms with van der Waals surface area (Å²) in [4.78, 5) is 13.6. The van der Waals surface area contributed by atoms with Crippen LogP contribution >= 0.6 is 0 Å². The van der Waals surface area contributed by atoms with Gasteiger partial charge in [-0.3, -0.25) is 4.79 Å². The number of rotatable bonds is 3. The SMILES string of the molecule is CCC(N)C1CC(=O)N(C2CC2)C1. The van der Waals surface area contributed by atoms with Gasteiger partial charge in [0.05, 0.1) is 0 Å². The molecule has 1 aliphatic heterocycles.